The van der Waals surface area contributed by atoms with Crippen LogP contribution in [0.3, 0.4) is 0 Å². The number of anilines is 1. The molecule has 0 spiro atoms. The summed E-state index contributed by atoms with van der Waals surface area (Å²) in [5.74, 6) is 0.921. The summed E-state index contributed by atoms with van der Waals surface area (Å²) < 4.78 is 1.73. The van der Waals surface area contributed by atoms with Crippen LogP contribution < -0.4 is 11.1 Å². The van der Waals surface area contributed by atoms with Gasteiger partial charge < -0.3 is 15.6 Å². The molecule has 0 aromatic carbocycles. The van der Waals surface area contributed by atoms with Gasteiger partial charge in [-0.1, -0.05) is 13.0 Å². The molecule has 0 unspecified atom stereocenters. The summed E-state index contributed by atoms with van der Waals surface area (Å²) in [4.78, 5) is 12.3. The van der Waals surface area contributed by atoms with Crippen LogP contribution in [0.25, 0.3) is 5.70 Å². The lowest BCUT2D eigenvalue weighted by Gasteiger charge is -2.40. The SMILES string of the molecule is C=C(C)n1ccc(C(=O)NC(C)(C)C2CCC2)c1N. The molecule has 1 aromatic rings. The Morgan fingerprint density at radius 1 is 1.53 bits per heavy atom. The van der Waals surface area contributed by atoms with E-state index in [1.54, 1.807) is 16.8 Å². The lowest BCUT2D eigenvalue weighted by Crippen LogP contribution is -2.51. The van der Waals surface area contributed by atoms with Crippen LogP contribution in [-0.2, 0) is 0 Å². The summed E-state index contributed by atoms with van der Waals surface area (Å²) in [5, 5.41) is 3.11. The lowest BCUT2D eigenvalue weighted by molar-refractivity contribution is 0.0827. The average Bonchev–Trinajstić information content (AvgIpc) is 2.55. The van der Waals surface area contributed by atoms with E-state index < -0.39 is 0 Å². The van der Waals surface area contributed by atoms with E-state index in [9.17, 15) is 4.79 Å². The van der Waals surface area contributed by atoms with E-state index in [0.717, 1.165) is 5.70 Å². The molecule has 0 atom stereocenters. The number of carbonyl (C=O) groups is 1. The van der Waals surface area contributed by atoms with Gasteiger partial charge in [-0.15, -0.1) is 0 Å². The topological polar surface area (TPSA) is 60.0 Å². The predicted molar refractivity (Wildman–Crippen MR) is 78.7 cm³/mol. The number of nitrogens with zero attached hydrogens (tertiary/aromatic N) is 1. The number of nitrogens with one attached hydrogen (secondary N) is 1. The first kappa shape index (κ1) is 13.7. The van der Waals surface area contributed by atoms with Crippen LogP contribution in [0.4, 0.5) is 5.82 Å². The van der Waals surface area contributed by atoms with Crippen molar-refractivity contribution in [1.29, 1.82) is 0 Å². The molecular weight excluding hydrogens is 238 g/mol. The number of hydrogen-bond acceptors (Lipinski definition) is 2. The third-order valence-electron chi connectivity index (χ3n) is 4.14. The third-order valence-corrected chi connectivity index (χ3v) is 4.14. The van der Waals surface area contributed by atoms with Gasteiger partial charge in [-0.2, -0.15) is 0 Å². The van der Waals surface area contributed by atoms with E-state index in [2.05, 4.69) is 25.7 Å². The number of allylic oxidation sites excluding steroid dienone is 1. The molecule has 0 aliphatic heterocycles. The van der Waals surface area contributed by atoms with E-state index in [-0.39, 0.29) is 11.4 Å². The van der Waals surface area contributed by atoms with Gasteiger partial charge >= 0.3 is 0 Å². The number of amides is 1. The zero-order valence-electron chi connectivity index (χ0n) is 12.0. The quantitative estimate of drug-likeness (QED) is 0.875. The minimum Gasteiger partial charge on any atom is -0.384 e. The van der Waals surface area contributed by atoms with E-state index >= 15 is 0 Å². The van der Waals surface area contributed by atoms with Crippen LogP contribution in [-0.4, -0.2) is 16.0 Å². The molecule has 0 saturated heterocycles. The maximum Gasteiger partial charge on any atom is 0.255 e. The fraction of sp³-hybridized carbons (Fsp3) is 0.533. The summed E-state index contributed by atoms with van der Waals surface area (Å²) in [6.45, 7) is 9.86. The first-order valence-corrected chi connectivity index (χ1v) is 6.78. The number of rotatable bonds is 4. The number of carbonyl (C=O) groups excluding carboxylic acids is 1. The van der Waals surface area contributed by atoms with Crippen molar-refractivity contribution < 1.29 is 4.79 Å². The van der Waals surface area contributed by atoms with Crippen LogP contribution in [0, 0.1) is 5.92 Å². The van der Waals surface area contributed by atoms with Crippen molar-refractivity contribution in [3.05, 3.63) is 24.4 Å². The minimum atomic E-state index is -0.174. The molecule has 1 aromatic heterocycles. The second kappa shape index (κ2) is 4.76. The van der Waals surface area contributed by atoms with Gasteiger partial charge in [0, 0.05) is 17.4 Å². The van der Waals surface area contributed by atoms with Crippen molar-refractivity contribution in [2.24, 2.45) is 5.92 Å². The minimum absolute atomic E-state index is 0.102. The number of aromatic nitrogens is 1. The summed E-state index contributed by atoms with van der Waals surface area (Å²) in [6.07, 6.45) is 5.42. The fourth-order valence-electron chi connectivity index (χ4n) is 2.56. The highest BCUT2D eigenvalue weighted by Gasteiger charge is 2.35. The van der Waals surface area contributed by atoms with Crippen molar-refractivity contribution in [2.75, 3.05) is 5.73 Å². The molecule has 2 rings (SSSR count). The van der Waals surface area contributed by atoms with Gasteiger partial charge in [-0.3, -0.25) is 4.79 Å². The third kappa shape index (κ3) is 2.53. The Kier molecular flexibility index (Phi) is 3.43. The Morgan fingerprint density at radius 2 is 2.16 bits per heavy atom. The highest BCUT2D eigenvalue weighted by Crippen LogP contribution is 2.36. The summed E-state index contributed by atoms with van der Waals surface area (Å²) in [5.41, 5.74) is 7.14. The van der Waals surface area contributed by atoms with E-state index in [1.807, 2.05) is 6.92 Å². The molecule has 4 nitrogen and oxygen atoms in total. The largest absolute Gasteiger partial charge is 0.384 e. The Bertz CT molecular complexity index is 509. The van der Waals surface area contributed by atoms with Crippen molar-refractivity contribution in [2.45, 2.75) is 45.6 Å². The van der Waals surface area contributed by atoms with Gasteiger partial charge in [0.1, 0.15) is 5.82 Å². The monoisotopic (exact) mass is 261 g/mol. The molecule has 1 aliphatic carbocycles. The van der Waals surface area contributed by atoms with E-state index in [4.69, 9.17) is 5.73 Å². The summed E-state index contributed by atoms with van der Waals surface area (Å²) in [7, 11) is 0. The van der Waals surface area contributed by atoms with Gasteiger partial charge in [0.15, 0.2) is 0 Å². The Hall–Kier alpha value is -1.71. The molecule has 1 amide bonds. The van der Waals surface area contributed by atoms with Crippen LogP contribution >= 0.6 is 0 Å². The molecule has 0 radical (unpaired) electrons. The van der Waals surface area contributed by atoms with Gasteiger partial charge in [0.2, 0.25) is 0 Å². The first-order chi connectivity index (χ1) is 8.83. The lowest BCUT2D eigenvalue weighted by atomic mass is 9.72. The highest BCUT2D eigenvalue weighted by molar-refractivity contribution is 5.99. The first-order valence-electron chi connectivity index (χ1n) is 6.78. The molecule has 19 heavy (non-hydrogen) atoms. The fourth-order valence-corrected chi connectivity index (χ4v) is 2.56. The molecule has 3 N–H and O–H groups in total. The number of nitrogens with two attached hydrogens (primary N) is 1. The van der Waals surface area contributed by atoms with Crippen LogP contribution in [0.15, 0.2) is 18.8 Å². The molecular formula is C15H23N3O. The smallest absolute Gasteiger partial charge is 0.255 e. The summed E-state index contributed by atoms with van der Waals surface area (Å²) in [6, 6.07) is 1.75. The van der Waals surface area contributed by atoms with Crippen molar-refractivity contribution >= 4 is 17.4 Å². The zero-order chi connectivity index (χ0) is 14.2. The molecule has 1 fully saturated rings. The second-order valence-corrected chi connectivity index (χ2v) is 6.02. The Morgan fingerprint density at radius 3 is 2.58 bits per heavy atom. The average molecular weight is 261 g/mol. The predicted octanol–water partition coefficient (Wildman–Crippen LogP) is 2.87. The molecule has 1 saturated carbocycles. The standard InChI is InChI=1S/C15H23N3O/c1-10(2)18-9-8-12(13(18)16)14(19)17-15(3,4)11-6-5-7-11/h8-9,11H,1,5-7,16H2,2-4H3,(H,17,19). The summed E-state index contributed by atoms with van der Waals surface area (Å²) >= 11 is 0. The van der Waals surface area contributed by atoms with Gasteiger partial charge in [0.25, 0.3) is 5.91 Å². The molecule has 0 bridgehead atoms. The Balaban J connectivity index is 2.14. The van der Waals surface area contributed by atoms with Crippen LogP contribution in [0.2, 0.25) is 0 Å². The van der Waals surface area contributed by atoms with E-state index in [1.165, 1.54) is 19.3 Å². The molecule has 1 aliphatic rings. The maximum absolute atomic E-state index is 12.3. The van der Waals surface area contributed by atoms with Gasteiger partial charge in [-0.25, -0.2) is 0 Å². The van der Waals surface area contributed by atoms with Crippen molar-refractivity contribution in [1.82, 2.24) is 9.88 Å². The maximum atomic E-state index is 12.3. The number of nitrogen functional groups attached to an aromatic ring is 1. The normalized spacial score (nSPS) is 15.9. The highest BCUT2D eigenvalue weighted by atomic mass is 16.1. The van der Waals surface area contributed by atoms with Gasteiger partial charge in [-0.05, 0) is 45.6 Å². The molecule has 4 heteroatoms. The van der Waals surface area contributed by atoms with Crippen LogP contribution in [0.1, 0.15) is 50.4 Å². The molecule has 1 heterocycles. The van der Waals surface area contributed by atoms with Crippen LogP contribution in [0.5, 0.6) is 0 Å². The zero-order valence-corrected chi connectivity index (χ0v) is 12.0. The second-order valence-electron chi connectivity index (χ2n) is 6.02. The molecule has 104 valence electrons. The Labute approximate surface area is 114 Å². The van der Waals surface area contributed by atoms with Crippen molar-refractivity contribution in [3.8, 4) is 0 Å². The van der Waals surface area contributed by atoms with E-state index in [0.29, 0.717) is 17.3 Å². The number of hydrogen-bond donors (Lipinski definition) is 2. The van der Waals surface area contributed by atoms with Crippen molar-refractivity contribution in [3.63, 3.8) is 0 Å². The van der Waals surface area contributed by atoms with Gasteiger partial charge in [0.05, 0.1) is 5.56 Å².